The molecule has 4 aliphatic carbocycles. The van der Waals surface area contributed by atoms with Gasteiger partial charge in [-0.05, 0) is 81.5 Å². The molecule has 7 atom stereocenters. The van der Waals surface area contributed by atoms with Crippen molar-refractivity contribution in [2.45, 2.75) is 78.3 Å². The monoisotopic (exact) mass is 318 g/mol. The highest BCUT2D eigenvalue weighted by Crippen LogP contribution is 2.66. The van der Waals surface area contributed by atoms with Crippen molar-refractivity contribution in [3.63, 3.8) is 0 Å². The van der Waals surface area contributed by atoms with Gasteiger partial charge in [0.15, 0.2) is 0 Å². The Hall–Kier alpha value is -0.660. The fourth-order valence-corrected chi connectivity index (χ4v) is 7.34. The lowest BCUT2D eigenvalue weighted by molar-refractivity contribution is -0.128. The molecule has 3 fully saturated rings. The molecule has 0 aromatic carbocycles. The third-order valence-corrected chi connectivity index (χ3v) is 8.58. The molecular formula is C21H31FO. The Balaban J connectivity index is 1.70. The van der Waals surface area contributed by atoms with Gasteiger partial charge < -0.3 is 0 Å². The van der Waals surface area contributed by atoms with Gasteiger partial charge in [-0.15, -0.1) is 0 Å². The van der Waals surface area contributed by atoms with Crippen molar-refractivity contribution in [3.8, 4) is 0 Å². The number of alkyl halides is 1. The Morgan fingerprint density at radius 3 is 2.70 bits per heavy atom. The average Bonchev–Trinajstić information content (AvgIpc) is 2.86. The first-order valence-corrected chi connectivity index (χ1v) is 9.73. The SMILES string of the molecule is CC(=O)[C@H]1CC[C@H]2[C@@H]3CC=C4CCCC(F)[C@]4(C)[C@H]3CC[C@]12C. The van der Waals surface area contributed by atoms with Crippen molar-refractivity contribution in [2.75, 3.05) is 0 Å². The molecule has 0 bridgehead atoms. The highest BCUT2D eigenvalue weighted by atomic mass is 19.1. The van der Waals surface area contributed by atoms with Crippen LogP contribution in [0.5, 0.6) is 0 Å². The van der Waals surface area contributed by atoms with E-state index in [9.17, 15) is 4.79 Å². The van der Waals surface area contributed by atoms with E-state index in [1.54, 1.807) is 6.92 Å². The van der Waals surface area contributed by atoms with Crippen LogP contribution in [0, 0.1) is 34.5 Å². The third-order valence-electron chi connectivity index (χ3n) is 8.58. The molecule has 3 saturated carbocycles. The zero-order valence-electron chi connectivity index (χ0n) is 14.9. The molecule has 0 aliphatic heterocycles. The van der Waals surface area contributed by atoms with Crippen molar-refractivity contribution in [1.82, 2.24) is 0 Å². The summed E-state index contributed by atoms with van der Waals surface area (Å²) in [5.74, 6) is 2.36. The van der Waals surface area contributed by atoms with Crippen LogP contribution < -0.4 is 0 Å². The van der Waals surface area contributed by atoms with E-state index in [0.29, 0.717) is 23.5 Å². The second-order valence-corrected chi connectivity index (χ2v) is 9.27. The van der Waals surface area contributed by atoms with E-state index in [0.717, 1.165) is 44.9 Å². The van der Waals surface area contributed by atoms with Crippen molar-refractivity contribution in [1.29, 1.82) is 0 Å². The van der Waals surface area contributed by atoms with Gasteiger partial charge in [-0.1, -0.05) is 25.5 Å². The minimum absolute atomic E-state index is 0.176. The Labute approximate surface area is 140 Å². The Kier molecular flexibility index (Phi) is 3.56. The van der Waals surface area contributed by atoms with Crippen LogP contribution in [0.4, 0.5) is 4.39 Å². The van der Waals surface area contributed by atoms with Crippen molar-refractivity contribution >= 4 is 5.78 Å². The number of carbonyl (C=O) groups excluding carboxylic acids is 1. The van der Waals surface area contributed by atoms with Gasteiger partial charge in [-0.25, -0.2) is 4.39 Å². The lowest BCUT2D eigenvalue weighted by Crippen LogP contribution is -2.53. The maximum Gasteiger partial charge on any atom is 0.133 e. The second kappa shape index (κ2) is 5.17. The number of ketones is 1. The van der Waals surface area contributed by atoms with Gasteiger partial charge in [0.2, 0.25) is 0 Å². The zero-order valence-corrected chi connectivity index (χ0v) is 14.9. The van der Waals surface area contributed by atoms with Gasteiger partial charge in [0, 0.05) is 11.3 Å². The van der Waals surface area contributed by atoms with Crippen LogP contribution in [0.15, 0.2) is 11.6 Å². The Bertz CT molecular complexity index is 552. The Morgan fingerprint density at radius 2 is 1.96 bits per heavy atom. The highest BCUT2D eigenvalue weighted by Gasteiger charge is 2.60. The molecule has 0 saturated heterocycles. The van der Waals surface area contributed by atoms with Crippen molar-refractivity contribution < 1.29 is 9.18 Å². The summed E-state index contributed by atoms with van der Waals surface area (Å²) in [4.78, 5) is 12.1. The number of halogens is 1. The summed E-state index contributed by atoms with van der Waals surface area (Å²) in [5, 5.41) is 0. The van der Waals surface area contributed by atoms with Gasteiger partial charge in [0.1, 0.15) is 12.0 Å². The zero-order chi connectivity index (χ0) is 16.4. The number of fused-ring (bicyclic) bond motifs is 5. The lowest BCUT2D eigenvalue weighted by atomic mass is 9.47. The normalized spacial score (nSPS) is 52.2. The molecule has 0 N–H and O–H groups in total. The van der Waals surface area contributed by atoms with Crippen LogP contribution in [-0.2, 0) is 4.79 Å². The van der Waals surface area contributed by atoms with E-state index in [-0.39, 0.29) is 16.7 Å². The molecule has 0 amide bonds. The fourth-order valence-electron chi connectivity index (χ4n) is 7.34. The van der Waals surface area contributed by atoms with Crippen LogP contribution in [0.1, 0.15) is 72.1 Å². The number of carbonyl (C=O) groups is 1. The third kappa shape index (κ3) is 1.99. The van der Waals surface area contributed by atoms with Crippen LogP contribution >= 0.6 is 0 Å². The first-order valence-electron chi connectivity index (χ1n) is 9.73. The molecule has 4 rings (SSSR count). The maximum absolute atomic E-state index is 15.0. The molecule has 1 unspecified atom stereocenters. The van der Waals surface area contributed by atoms with Crippen molar-refractivity contribution in [3.05, 3.63) is 11.6 Å². The summed E-state index contributed by atoms with van der Waals surface area (Å²) in [5.41, 5.74) is 1.38. The molecule has 0 aromatic heterocycles. The van der Waals surface area contributed by atoms with Gasteiger partial charge in [-0.3, -0.25) is 4.79 Å². The molecule has 0 spiro atoms. The molecule has 4 aliphatic rings. The van der Waals surface area contributed by atoms with Gasteiger partial charge in [0.25, 0.3) is 0 Å². The van der Waals surface area contributed by atoms with E-state index in [1.165, 1.54) is 12.0 Å². The van der Waals surface area contributed by atoms with E-state index in [2.05, 4.69) is 19.9 Å². The second-order valence-electron chi connectivity index (χ2n) is 9.27. The lowest BCUT2D eigenvalue weighted by Gasteiger charge is -2.58. The number of hydrogen-bond acceptors (Lipinski definition) is 1. The van der Waals surface area contributed by atoms with Crippen molar-refractivity contribution in [2.24, 2.45) is 34.5 Å². The fraction of sp³-hybridized carbons (Fsp3) is 0.857. The largest absolute Gasteiger partial charge is 0.300 e. The van der Waals surface area contributed by atoms with Crippen LogP contribution in [0.2, 0.25) is 0 Å². The molecule has 1 nitrogen and oxygen atoms in total. The van der Waals surface area contributed by atoms with Gasteiger partial charge in [-0.2, -0.15) is 0 Å². The molecular weight excluding hydrogens is 287 g/mol. The van der Waals surface area contributed by atoms with Gasteiger partial charge >= 0.3 is 0 Å². The van der Waals surface area contributed by atoms with E-state index in [4.69, 9.17) is 0 Å². The molecule has 128 valence electrons. The molecule has 0 heterocycles. The van der Waals surface area contributed by atoms with E-state index in [1.807, 2.05) is 0 Å². The summed E-state index contributed by atoms with van der Waals surface area (Å²) in [6.07, 6.45) is 10.2. The number of hydrogen-bond donors (Lipinski definition) is 0. The van der Waals surface area contributed by atoms with Gasteiger partial charge in [0.05, 0.1) is 0 Å². The number of rotatable bonds is 1. The first kappa shape index (κ1) is 15.8. The minimum atomic E-state index is -0.662. The van der Waals surface area contributed by atoms with Crippen LogP contribution in [0.3, 0.4) is 0 Å². The summed E-state index contributed by atoms with van der Waals surface area (Å²) in [6.45, 7) is 6.37. The standard InChI is InChI=1S/C21H31FO/c1-13(23)16-9-10-17-15-8-7-14-5-4-6-19(22)21(14,3)18(15)11-12-20(16,17)2/h7,15-19H,4-6,8-12H2,1-3H3/t15-,16+,17-,18-,19?,20+,21-/m0/s1. The van der Waals surface area contributed by atoms with Crippen LogP contribution in [0.25, 0.3) is 0 Å². The Morgan fingerprint density at radius 1 is 1.17 bits per heavy atom. The predicted octanol–water partition coefficient (Wildman–Crippen LogP) is 5.49. The predicted molar refractivity (Wildman–Crippen MR) is 90.8 cm³/mol. The maximum atomic E-state index is 15.0. The number of allylic oxidation sites excluding steroid dienone is 2. The van der Waals surface area contributed by atoms with Crippen LogP contribution in [-0.4, -0.2) is 12.0 Å². The summed E-state index contributed by atoms with van der Waals surface area (Å²) < 4.78 is 15.0. The summed E-state index contributed by atoms with van der Waals surface area (Å²) in [6, 6.07) is 0. The van der Waals surface area contributed by atoms with E-state index >= 15 is 4.39 Å². The summed E-state index contributed by atoms with van der Waals surface area (Å²) >= 11 is 0. The number of Topliss-reactive ketones (excluding diaryl/α,β-unsaturated/α-hetero) is 1. The molecule has 0 radical (unpaired) electrons. The highest BCUT2D eigenvalue weighted by molar-refractivity contribution is 5.79. The minimum Gasteiger partial charge on any atom is -0.300 e. The van der Waals surface area contributed by atoms with E-state index < -0.39 is 6.17 Å². The quantitative estimate of drug-likeness (QED) is 0.584. The molecule has 0 aromatic rings. The smallest absolute Gasteiger partial charge is 0.133 e. The average molecular weight is 318 g/mol. The topological polar surface area (TPSA) is 17.1 Å². The summed E-state index contributed by atoms with van der Waals surface area (Å²) in [7, 11) is 0. The molecule has 2 heteroatoms. The molecule has 23 heavy (non-hydrogen) atoms. The first-order chi connectivity index (χ1) is 10.9.